The first-order valence-electron chi connectivity index (χ1n) is 8.71. The second-order valence-electron chi connectivity index (χ2n) is 6.19. The van der Waals surface area contributed by atoms with Crippen molar-refractivity contribution in [2.45, 2.75) is 30.9 Å². The minimum Gasteiger partial charge on any atom is -0.493 e. The molecule has 0 aliphatic rings. The lowest BCUT2D eigenvalue weighted by atomic mass is 10.2. The van der Waals surface area contributed by atoms with Crippen LogP contribution in [0.5, 0.6) is 11.5 Å². The molecule has 0 spiro atoms. The van der Waals surface area contributed by atoms with E-state index < -0.39 is 0 Å². The first-order chi connectivity index (χ1) is 13.5. The van der Waals surface area contributed by atoms with Gasteiger partial charge in [-0.2, -0.15) is 9.78 Å². The van der Waals surface area contributed by atoms with Gasteiger partial charge in [0.2, 0.25) is 5.16 Å². The molecule has 6 nitrogen and oxygen atoms in total. The lowest BCUT2D eigenvalue weighted by molar-refractivity contribution is 0.230. The molecule has 3 aromatic rings. The number of hydrogen-bond donors (Lipinski definition) is 0. The molecule has 1 heterocycles. The van der Waals surface area contributed by atoms with Crippen molar-refractivity contribution in [1.29, 1.82) is 0 Å². The van der Waals surface area contributed by atoms with E-state index in [-0.39, 0.29) is 6.10 Å². The molecule has 146 valence electrons. The van der Waals surface area contributed by atoms with Crippen LogP contribution in [0.25, 0.3) is 0 Å². The van der Waals surface area contributed by atoms with E-state index in [0.717, 1.165) is 21.9 Å². The van der Waals surface area contributed by atoms with E-state index in [2.05, 4.69) is 15.3 Å². The first-order valence-corrected chi connectivity index (χ1v) is 10.1. The SMILES string of the molecule is COc1cc(/C=N/n2cnnc2SCc2ccc(Cl)cc2)ccc1OC(C)C. The van der Waals surface area contributed by atoms with Crippen LogP contribution < -0.4 is 9.47 Å². The molecule has 0 N–H and O–H groups in total. The molecule has 0 atom stereocenters. The van der Waals surface area contributed by atoms with Crippen LogP contribution in [-0.4, -0.2) is 34.3 Å². The Bertz CT molecular complexity index is 942. The van der Waals surface area contributed by atoms with E-state index in [1.165, 1.54) is 0 Å². The van der Waals surface area contributed by atoms with Crippen LogP contribution in [0.3, 0.4) is 0 Å². The van der Waals surface area contributed by atoms with Gasteiger partial charge in [0.25, 0.3) is 0 Å². The van der Waals surface area contributed by atoms with E-state index in [4.69, 9.17) is 21.1 Å². The van der Waals surface area contributed by atoms with Gasteiger partial charge in [-0.3, -0.25) is 0 Å². The summed E-state index contributed by atoms with van der Waals surface area (Å²) in [5.74, 6) is 2.12. The number of thioether (sulfide) groups is 1. The third kappa shape index (κ3) is 5.50. The maximum absolute atomic E-state index is 5.92. The minimum atomic E-state index is 0.0747. The number of rotatable bonds is 8. The molecule has 3 rings (SSSR count). The number of halogens is 1. The summed E-state index contributed by atoms with van der Waals surface area (Å²) >= 11 is 7.48. The molecular formula is C20H21ClN4O2S. The molecule has 0 aliphatic heterocycles. The summed E-state index contributed by atoms with van der Waals surface area (Å²) in [6.07, 6.45) is 3.39. The fourth-order valence-electron chi connectivity index (χ4n) is 2.37. The van der Waals surface area contributed by atoms with Gasteiger partial charge in [0, 0.05) is 10.8 Å². The highest BCUT2D eigenvalue weighted by Crippen LogP contribution is 2.28. The van der Waals surface area contributed by atoms with Crippen molar-refractivity contribution in [3.8, 4) is 11.5 Å². The number of hydrogen-bond acceptors (Lipinski definition) is 6. The molecule has 1 aromatic heterocycles. The molecule has 0 fully saturated rings. The van der Waals surface area contributed by atoms with Gasteiger partial charge in [-0.05, 0) is 55.3 Å². The largest absolute Gasteiger partial charge is 0.493 e. The van der Waals surface area contributed by atoms with Gasteiger partial charge >= 0.3 is 0 Å². The number of benzene rings is 2. The maximum atomic E-state index is 5.92. The third-order valence-electron chi connectivity index (χ3n) is 3.66. The van der Waals surface area contributed by atoms with Crippen LogP contribution in [-0.2, 0) is 5.75 Å². The van der Waals surface area contributed by atoms with E-state index >= 15 is 0 Å². The Kier molecular flexibility index (Phi) is 6.95. The standard InChI is InChI=1S/C20H21ClN4O2S/c1-14(2)27-18-9-6-16(10-19(18)26-3)11-23-25-13-22-24-20(25)28-12-15-4-7-17(21)8-5-15/h4-11,13-14H,12H2,1-3H3/b23-11+. The predicted molar refractivity (Wildman–Crippen MR) is 113 cm³/mol. The maximum Gasteiger partial charge on any atom is 0.212 e. The second kappa shape index (κ2) is 9.61. The van der Waals surface area contributed by atoms with E-state index in [0.29, 0.717) is 16.7 Å². The molecule has 0 aliphatic carbocycles. The van der Waals surface area contributed by atoms with E-state index in [1.54, 1.807) is 36.1 Å². The van der Waals surface area contributed by atoms with Crippen LogP contribution in [0.2, 0.25) is 5.02 Å². The van der Waals surface area contributed by atoms with Gasteiger partial charge in [-0.1, -0.05) is 35.5 Å². The third-order valence-corrected chi connectivity index (χ3v) is 4.92. The highest BCUT2D eigenvalue weighted by molar-refractivity contribution is 7.98. The van der Waals surface area contributed by atoms with Gasteiger partial charge in [0.05, 0.1) is 19.4 Å². The average Bonchev–Trinajstić information content (AvgIpc) is 3.13. The van der Waals surface area contributed by atoms with Gasteiger partial charge in [-0.15, -0.1) is 10.2 Å². The molecule has 8 heteroatoms. The molecule has 28 heavy (non-hydrogen) atoms. The molecule has 0 saturated carbocycles. The molecule has 0 radical (unpaired) electrons. The smallest absolute Gasteiger partial charge is 0.212 e. The fourth-order valence-corrected chi connectivity index (χ4v) is 3.31. The minimum absolute atomic E-state index is 0.0747. The number of nitrogens with zero attached hydrogens (tertiary/aromatic N) is 4. The summed E-state index contributed by atoms with van der Waals surface area (Å²) in [5.41, 5.74) is 2.04. The van der Waals surface area contributed by atoms with E-state index in [1.807, 2.05) is 56.3 Å². The average molecular weight is 417 g/mol. The van der Waals surface area contributed by atoms with Gasteiger partial charge in [0.1, 0.15) is 6.33 Å². The Labute approximate surface area is 173 Å². The predicted octanol–water partition coefficient (Wildman–Crippen LogP) is 4.90. The zero-order valence-electron chi connectivity index (χ0n) is 15.9. The molecule has 0 amide bonds. The monoisotopic (exact) mass is 416 g/mol. The van der Waals surface area contributed by atoms with Crippen molar-refractivity contribution in [2.75, 3.05) is 7.11 Å². The highest BCUT2D eigenvalue weighted by atomic mass is 35.5. The topological polar surface area (TPSA) is 61.5 Å². The van der Waals surface area contributed by atoms with Crippen molar-refractivity contribution in [2.24, 2.45) is 5.10 Å². The highest BCUT2D eigenvalue weighted by Gasteiger charge is 2.08. The van der Waals surface area contributed by atoms with Crippen molar-refractivity contribution in [1.82, 2.24) is 14.9 Å². The summed E-state index contributed by atoms with van der Waals surface area (Å²) in [5, 5.41) is 14.0. The molecule has 0 bridgehead atoms. The fraction of sp³-hybridized carbons (Fsp3) is 0.250. The van der Waals surface area contributed by atoms with Crippen LogP contribution >= 0.6 is 23.4 Å². The Hall–Kier alpha value is -2.51. The van der Waals surface area contributed by atoms with Gasteiger partial charge < -0.3 is 9.47 Å². The number of aromatic nitrogens is 3. The zero-order chi connectivity index (χ0) is 19.9. The summed E-state index contributed by atoms with van der Waals surface area (Å²) in [4.78, 5) is 0. The lowest BCUT2D eigenvalue weighted by Crippen LogP contribution is -2.06. The van der Waals surface area contributed by atoms with Crippen molar-refractivity contribution in [3.05, 3.63) is 64.9 Å². The van der Waals surface area contributed by atoms with Crippen LogP contribution in [0, 0.1) is 0 Å². The Balaban J connectivity index is 1.69. The van der Waals surface area contributed by atoms with Gasteiger partial charge in [0.15, 0.2) is 11.5 Å². The Morgan fingerprint density at radius 2 is 1.96 bits per heavy atom. The summed E-state index contributed by atoms with van der Waals surface area (Å²) in [7, 11) is 1.62. The molecular weight excluding hydrogens is 396 g/mol. The summed E-state index contributed by atoms with van der Waals surface area (Å²) < 4.78 is 12.8. The molecule has 0 saturated heterocycles. The van der Waals surface area contributed by atoms with Crippen LogP contribution in [0.15, 0.2) is 59.0 Å². The normalized spacial score (nSPS) is 11.3. The molecule has 0 unspecified atom stereocenters. The first kappa shape index (κ1) is 20.2. The van der Waals surface area contributed by atoms with Gasteiger partial charge in [-0.25, -0.2) is 0 Å². The number of methoxy groups -OCH3 is 1. The summed E-state index contributed by atoms with van der Waals surface area (Å²) in [6.45, 7) is 3.95. The Morgan fingerprint density at radius 1 is 1.18 bits per heavy atom. The quantitative estimate of drug-likeness (QED) is 0.386. The van der Waals surface area contributed by atoms with Crippen LogP contribution in [0.4, 0.5) is 0 Å². The van der Waals surface area contributed by atoms with Crippen molar-refractivity contribution >= 4 is 29.6 Å². The Morgan fingerprint density at radius 3 is 2.68 bits per heavy atom. The number of ether oxygens (including phenoxy) is 2. The van der Waals surface area contributed by atoms with Crippen molar-refractivity contribution in [3.63, 3.8) is 0 Å². The summed E-state index contributed by atoms with van der Waals surface area (Å²) in [6, 6.07) is 13.4. The second-order valence-corrected chi connectivity index (χ2v) is 7.57. The van der Waals surface area contributed by atoms with Crippen molar-refractivity contribution < 1.29 is 9.47 Å². The van der Waals surface area contributed by atoms with Crippen LogP contribution in [0.1, 0.15) is 25.0 Å². The zero-order valence-corrected chi connectivity index (χ0v) is 17.4. The lowest BCUT2D eigenvalue weighted by Gasteiger charge is -2.13. The van der Waals surface area contributed by atoms with E-state index in [9.17, 15) is 0 Å². The molecule has 2 aromatic carbocycles.